The molecule has 2 heteroatoms. The molecule has 0 saturated carbocycles. The van der Waals surface area contributed by atoms with E-state index in [9.17, 15) is 0 Å². The number of hydrogen-bond donors (Lipinski definition) is 0. The predicted octanol–water partition coefficient (Wildman–Crippen LogP) is -0.507. The Labute approximate surface area is 44.0 Å². The Morgan fingerprint density at radius 3 is 1.75 bits per heavy atom. The second-order valence-corrected chi connectivity index (χ2v) is 1.22. The molecule has 0 aliphatic rings. The molecule has 0 N–H and O–H groups in total. The molecule has 28 valence electrons. The van der Waals surface area contributed by atoms with Crippen LogP contribution in [0.4, 0.5) is 0 Å². The molecule has 0 rings (SSSR count). The van der Waals surface area contributed by atoms with Gasteiger partial charge in [-0.1, -0.05) is 0 Å². The summed E-state index contributed by atoms with van der Waals surface area (Å²) >= 11 is 0. The zero-order valence-corrected chi connectivity index (χ0v) is 6.87. The Balaban J connectivity index is 0. The molecule has 0 unspecified atom stereocenters. The van der Waals surface area contributed by atoms with E-state index in [1.54, 1.807) is 0 Å². The van der Waals surface area contributed by atoms with Crippen molar-refractivity contribution in [1.82, 2.24) is 0 Å². The minimum absolute atomic E-state index is 0. The van der Waals surface area contributed by atoms with Gasteiger partial charge in [-0.3, -0.25) is 0 Å². The molecular weight excluding hydrogens is 247 g/mol. The fourth-order valence-corrected chi connectivity index (χ4v) is 0. The summed E-state index contributed by atoms with van der Waals surface area (Å²) in [4.78, 5) is 0. The average molecular weight is 253 g/mol. The molecular formula is C2H6PtSi. The molecule has 4 heavy (non-hydrogen) atoms. The van der Waals surface area contributed by atoms with Crippen molar-refractivity contribution in [3.63, 3.8) is 0 Å². The molecule has 0 fully saturated rings. The standard InChI is InChI=1S/C2H6Si.Pt/c1-2-3;/h2H,1H2,3H3;. The van der Waals surface area contributed by atoms with Crippen molar-refractivity contribution in [1.29, 1.82) is 0 Å². The summed E-state index contributed by atoms with van der Waals surface area (Å²) in [5.74, 6) is 0. The fourth-order valence-electron chi connectivity index (χ4n) is 0. The molecule has 0 spiro atoms. The third-order valence-corrected chi connectivity index (χ3v) is 0. The van der Waals surface area contributed by atoms with Crippen molar-refractivity contribution >= 4 is 10.2 Å². The van der Waals surface area contributed by atoms with Crippen LogP contribution >= 0.6 is 0 Å². The second kappa shape index (κ2) is 9.42. The molecule has 0 bridgehead atoms. The van der Waals surface area contributed by atoms with Gasteiger partial charge in [0, 0.05) is 31.3 Å². The normalized spacial score (nSPS) is 4.00. The zero-order chi connectivity index (χ0) is 2.71. The van der Waals surface area contributed by atoms with Crippen molar-refractivity contribution in [3.05, 3.63) is 12.3 Å². The first-order valence-corrected chi connectivity index (χ1v) is 2.14. The number of rotatable bonds is 0. The van der Waals surface area contributed by atoms with Crippen LogP contribution in [0.1, 0.15) is 0 Å². The summed E-state index contributed by atoms with van der Waals surface area (Å²) in [6, 6.07) is 0. The van der Waals surface area contributed by atoms with Crippen LogP contribution in [-0.2, 0) is 21.1 Å². The van der Waals surface area contributed by atoms with Gasteiger partial charge in [0.2, 0.25) is 0 Å². The Bertz CT molecular complexity index is 13.5. The summed E-state index contributed by atoms with van der Waals surface area (Å²) in [5.41, 5.74) is 1.89. The maximum Gasteiger partial charge on any atom is 0.0283 e. The molecule has 0 aromatic rings. The van der Waals surface area contributed by atoms with Crippen molar-refractivity contribution in [2.45, 2.75) is 0 Å². The van der Waals surface area contributed by atoms with E-state index in [2.05, 4.69) is 6.58 Å². The Hall–Kier alpha value is 0.645. The largest absolute Gasteiger partial charge is 0.112 e. The average Bonchev–Trinajstić information content (AvgIpc) is 0.918. The molecule has 0 aliphatic heterocycles. The van der Waals surface area contributed by atoms with E-state index < -0.39 is 0 Å². The van der Waals surface area contributed by atoms with Gasteiger partial charge in [0.05, 0.1) is 0 Å². The summed E-state index contributed by atoms with van der Waals surface area (Å²) in [5, 5.41) is 0. The van der Waals surface area contributed by atoms with Crippen molar-refractivity contribution in [2.24, 2.45) is 0 Å². The van der Waals surface area contributed by atoms with Crippen LogP contribution in [0.25, 0.3) is 0 Å². The van der Waals surface area contributed by atoms with Gasteiger partial charge >= 0.3 is 0 Å². The third-order valence-electron chi connectivity index (χ3n) is 0. The molecule has 0 saturated heterocycles. The topological polar surface area (TPSA) is 0 Å². The minimum atomic E-state index is 0. The van der Waals surface area contributed by atoms with Crippen LogP contribution in [0.15, 0.2) is 12.3 Å². The summed E-state index contributed by atoms with van der Waals surface area (Å²) < 4.78 is 0. The second-order valence-electron chi connectivity index (χ2n) is 0.408. The molecule has 0 aromatic heterocycles. The first kappa shape index (κ1) is 8.82. The quantitative estimate of drug-likeness (QED) is 0.510. The summed E-state index contributed by atoms with van der Waals surface area (Å²) in [7, 11) is 1.13. The Morgan fingerprint density at radius 2 is 1.75 bits per heavy atom. The molecule has 0 heterocycles. The van der Waals surface area contributed by atoms with Crippen LogP contribution < -0.4 is 0 Å². The predicted molar refractivity (Wildman–Crippen MR) is 20.1 cm³/mol. The Kier molecular flexibility index (Phi) is 20.8. The van der Waals surface area contributed by atoms with Gasteiger partial charge in [-0.2, -0.15) is 0 Å². The van der Waals surface area contributed by atoms with Gasteiger partial charge in [-0.05, 0) is 0 Å². The SMILES string of the molecule is C=C[SiH3].[Pt]. The molecule has 0 aromatic carbocycles. The molecule has 0 atom stereocenters. The molecule has 0 amide bonds. The van der Waals surface area contributed by atoms with E-state index in [1.807, 2.05) is 5.70 Å². The molecule has 0 nitrogen and oxygen atoms in total. The monoisotopic (exact) mass is 253 g/mol. The number of hydrogen-bond acceptors (Lipinski definition) is 0. The maximum atomic E-state index is 3.42. The van der Waals surface area contributed by atoms with E-state index in [1.165, 1.54) is 0 Å². The van der Waals surface area contributed by atoms with Crippen molar-refractivity contribution < 1.29 is 21.1 Å². The first-order valence-electron chi connectivity index (χ1n) is 0.986. The third kappa shape index (κ3) is 17.2. The van der Waals surface area contributed by atoms with Gasteiger partial charge in [0.25, 0.3) is 0 Å². The van der Waals surface area contributed by atoms with Crippen LogP contribution in [0, 0.1) is 0 Å². The first-order chi connectivity index (χ1) is 1.41. The smallest absolute Gasteiger partial charge is 0.0283 e. The van der Waals surface area contributed by atoms with E-state index in [-0.39, 0.29) is 21.1 Å². The van der Waals surface area contributed by atoms with Gasteiger partial charge in [-0.25, -0.2) is 0 Å². The van der Waals surface area contributed by atoms with Crippen LogP contribution in [-0.4, -0.2) is 10.2 Å². The van der Waals surface area contributed by atoms with Gasteiger partial charge in [-0.15, -0.1) is 12.3 Å². The summed E-state index contributed by atoms with van der Waals surface area (Å²) in [6.07, 6.45) is 0. The minimum Gasteiger partial charge on any atom is -0.112 e. The van der Waals surface area contributed by atoms with Crippen LogP contribution in [0.5, 0.6) is 0 Å². The summed E-state index contributed by atoms with van der Waals surface area (Å²) in [6.45, 7) is 3.42. The Morgan fingerprint density at radius 1 is 1.75 bits per heavy atom. The maximum absolute atomic E-state index is 3.42. The van der Waals surface area contributed by atoms with Gasteiger partial charge in [0.15, 0.2) is 0 Å². The van der Waals surface area contributed by atoms with Crippen molar-refractivity contribution in [3.8, 4) is 0 Å². The van der Waals surface area contributed by atoms with E-state index >= 15 is 0 Å². The van der Waals surface area contributed by atoms with E-state index in [0.29, 0.717) is 0 Å². The van der Waals surface area contributed by atoms with Crippen molar-refractivity contribution in [2.75, 3.05) is 0 Å². The van der Waals surface area contributed by atoms with Crippen LogP contribution in [0.2, 0.25) is 0 Å². The van der Waals surface area contributed by atoms with E-state index in [4.69, 9.17) is 0 Å². The van der Waals surface area contributed by atoms with Gasteiger partial charge < -0.3 is 0 Å². The van der Waals surface area contributed by atoms with Crippen LogP contribution in [0.3, 0.4) is 0 Å². The zero-order valence-electron chi connectivity index (χ0n) is 2.60. The molecule has 0 aliphatic carbocycles. The van der Waals surface area contributed by atoms with Gasteiger partial charge in [0.1, 0.15) is 0 Å². The van der Waals surface area contributed by atoms with E-state index in [0.717, 1.165) is 10.2 Å². The molecule has 0 radical (unpaired) electrons. The fraction of sp³-hybridized carbons (Fsp3) is 0.